The Morgan fingerprint density at radius 2 is 1.79 bits per heavy atom. The van der Waals surface area contributed by atoms with Gasteiger partial charge < -0.3 is 14.6 Å². The quantitative estimate of drug-likeness (QED) is 0.907. The number of rotatable bonds is 5. The monoisotopic (exact) mass is 320 g/mol. The first-order chi connectivity index (χ1) is 11.6. The Morgan fingerprint density at radius 1 is 1.00 bits per heavy atom. The van der Waals surface area contributed by atoms with E-state index in [9.17, 15) is 9.90 Å². The van der Waals surface area contributed by atoms with E-state index in [0.29, 0.717) is 29.4 Å². The molecule has 0 atom stereocenters. The number of ether oxygens (including phenoxy) is 2. The molecule has 0 spiro atoms. The van der Waals surface area contributed by atoms with Gasteiger partial charge in [0.15, 0.2) is 5.78 Å². The molecule has 1 aliphatic rings. The van der Waals surface area contributed by atoms with Crippen molar-refractivity contribution in [3.63, 3.8) is 0 Å². The number of hydrogen-bond donors (Lipinski definition) is 1. The van der Waals surface area contributed by atoms with Gasteiger partial charge in [0.05, 0.1) is 0 Å². The number of benzene rings is 2. The van der Waals surface area contributed by atoms with E-state index in [1.807, 2.05) is 12.1 Å². The Hall–Kier alpha value is -3.27. The van der Waals surface area contributed by atoms with Crippen molar-refractivity contribution in [3.05, 3.63) is 90.2 Å². The molecule has 4 heteroatoms. The van der Waals surface area contributed by atoms with Gasteiger partial charge in [-0.3, -0.25) is 4.79 Å². The Kier molecular flexibility index (Phi) is 4.47. The van der Waals surface area contributed by atoms with E-state index in [-0.39, 0.29) is 11.5 Å². The lowest BCUT2D eigenvalue weighted by Crippen LogP contribution is -2.05. The Balaban J connectivity index is 1.68. The third kappa shape index (κ3) is 3.93. The minimum atomic E-state index is -0.131. The van der Waals surface area contributed by atoms with Crippen molar-refractivity contribution >= 4 is 5.78 Å². The summed E-state index contributed by atoms with van der Waals surface area (Å²) in [6.07, 6.45) is 4.48. The Morgan fingerprint density at radius 3 is 2.62 bits per heavy atom. The molecule has 0 amide bonds. The maximum absolute atomic E-state index is 11.4. The first-order valence-electron chi connectivity index (χ1n) is 7.42. The van der Waals surface area contributed by atoms with Crippen LogP contribution in [-0.2, 0) is 11.4 Å². The second kappa shape index (κ2) is 6.87. The van der Waals surface area contributed by atoms with Crippen molar-refractivity contribution in [1.29, 1.82) is 0 Å². The Labute approximate surface area is 140 Å². The molecule has 120 valence electrons. The molecule has 2 aromatic rings. The number of carbonyl (C=O) groups is 1. The number of phenolic OH excluding ortho intramolecular Hbond substituents is 1. The highest BCUT2D eigenvalue weighted by Crippen LogP contribution is 2.25. The molecule has 3 rings (SSSR count). The van der Waals surface area contributed by atoms with Crippen molar-refractivity contribution in [3.8, 4) is 17.2 Å². The molecule has 0 aromatic heterocycles. The minimum absolute atomic E-state index is 0.131. The summed E-state index contributed by atoms with van der Waals surface area (Å²) >= 11 is 0. The normalized spacial score (nSPS) is 13.6. The van der Waals surface area contributed by atoms with Gasteiger partial charge in [0.25, 0.3) is 0 Å². The molecule has 0 heterocycles. The van der Waals surface area contributed by atoms with E-state index < -0.39 is 0 Å². The van der Waals surface area contributed by atoms with Gasteiger partial charge in [-0.2, -0.15) is 0 Å². The van der Waals surface area contributed by atoms with Gasteiger partial charge in [0.1, 0.15) is 29.6 Å². The van der Waals surface area contributed by atoms with Crippen LogP contribution in [0.25, 0.3) is 0 Å². The summed E-state index contributed by atoms with van der Waals surface area (Å²) in [5.74, 6) is 1.67. The molecule has 0 saturated carbocycles. The van der Waals surface area contributed by atoms with Crippen molar-refractivity contribution in [2.45, 2.75) is 6.61 Å². The molecule has 0 saturated heterocycles. The van der Waals surface area contributed by atoms with Gasteiger partial charge in [-0.15, -0.1) is 0 Å². The molecular weight excluding hydrogens is 304 g/mol. The Bertz CT molecular complexity index is 846. The molecule has 4 nitrogen and oxygen atoms in total. The van der Waals surface area contributed by atoms with E-state index in [1.54, 1.807) is 42.5 Å². The van der Waals surface area contributed by atoms with Gasteiger partial charge in [0.2, 0.25) is 0 Å². The van der Waals surface area contributed by atoms with Crippen LogP contribution >= 0.6 is 0 Å². The number of phenols is 1. The van der Waals surface area contributed by atoms with Crippen molar-refractivity contribution in [2.75, 3.05) is 0 Å². The first kappa shape index (κ1) is 15.6. The van der Waals surface area contributed by atoms with Gasteiger partial charge in [0, 0.05) is 17.7 Å². The predicted octanol–water partition coefficient (Wildman–Crippen LogP) is 3.93. The third-order valence-electron chi connectivity index (χ3n) is 3.39. The topological polar surface area (TPSA) is 55.8 Å². The summed E-state index contributed by atoms with van der Waals surface area (Å²) in [5, 5.41) is 9.46. The SMILES string of the molecule is C=C1C=CC(=O)C=C1Oc1cccc(OCc2cccc(O)c2)c1. The highest BCUT2D eigenvalue weighted by molar-refractivity contribution is 6.02. The number of aromatic hydroxyl groups is 1. The number of allylic oxidation sites excluding steroid dienone is 3. The number of ketones is 1. The summed E-state index contributed by atoms with van der Waals surface area (Å²) in [6.45, 7) is 4.17. The van der Waals surface area contributed by atoms with Gasteiger partial charge in [-0.25, -0.2) is 0 Å². The fraction of sp³-hybridized carbons (Fsp3) is 0.0500. The maximum atomic E-state index is 11.4. The molecule has 1 aliphatic carbocycles. The smallest absolute Gasteiger partial charge is 0.182 e. The minimum Gasteiger partial charge on any atom is -0.508 e. The molecule has 2 aromatic carbocycles. The van der Waals surface area contributed by atoms with Crippen LogP contribution in [0.2, 0.25) is 0 Å². The summed E-state index contributed by atoms with van der Waals surface area (Å²) in [5.41, 5.74) is 1.50. The molecule has 0 unspecified atom stereocenters. The van der Waals surface area contributed by atoms with Gasteiger partial charge >= 0.3 is 0 Å². The largest absolute Gasteiger partial charge is 0.508 e. The lowest BCUT2D eigenvalue weighted by Gasteiger charge is -2.13. The van der Waals surface area contributed by atoms with Gasteiger partial charge in [-0.1, -0.05) is 24.8 Å². The van der Waals surface area contributed by atoms with Crippen LogP contribution in [0.3, 0.4) is 0 Å². The van der Waals surface area contributed by atoms with Crippen LogP contribution in [0.1, 0.15) is 5.56 Å². The van der Waals surface area contributed by atoms with Crippen molar-refractivity contribution < 1.29 is 19.4 Å². The van der Waals surface area contributed by atoms with Gasteiger partial charge in [-0.05, 0) is 42.0 Å². The molecule has 0 bridgehead atoms. The van der Waals surface area contributed by atoms with Crippen molar-refractivity contribution in [2.24, 2.45) is 0 Å². The van der Waals surface area contributed by atoms with Crippen LogP contribution in [0.15, 0.2) is 84.7 Å². The summed E-state index contributed by atoms with van der Waals surface area (Å²) < 4.78 is 11.4. The van der Waals surface area contributed by atoms with Crippen molar-refractivity contribution in [1.82, 2.24) is 0 Å². The zero-order valence-corrected chi connectivity index (χ0v) is 12.9. The molecule has 0 radical (unpaired) electrons. The third-order valence-corrected chi connectivity index (χ3v) is 3.39. The average molecular weight is 320 g/mol. The number of hydrogen-bond acceptors (Lipinski definition) is 4. The van der Waals surface area contributed by atoms with E-state index >= 15 is 0 Å². The van der Waals surface area contributed by atoms with E-state index in [1.165, 1.54) is 12.2 Å². The molecule has 0 fully saturated rings. The lowest BCUT2D eigenvalue weighted by molar-refractivity contribution is -0.110. The average Bonchev–Trinajstić information content (AvgIpc) is 2.57. The highest BCUT2D eigenvalue weighted by Gasteiger charge is 2.11. The van der Waals surface area contributed by atoms with E-state index in [0.717, 1.165) is 5.56 Å². The standard InChI is InChI=1S/C20H16O4/c1-14-8-9-17(22)11-20(14)24-19-7-3-6-18(12-19)23-13-15-4-2-5-16(21)10-15/h2-12,21H,1,13H2. The molecule has 24 heavy (non-hydrogen) atoms. The fourth-order valence-electron chi connectivity index (χ4n) is 2.20. The van der Waals surface area contributed by atoms with E-state index in [2.05, 4.69) is 6.58 Å². The van der Waals surface area contributed by atoms with Crippen LogP contribution in [0.5, 0.6) is 17.2 Å². The molecule has 1 N–H and O–H groups in total. The maximum Gasteiger partial charge on any atom is 0.182 e. The fourth-order valence-corrected chi connectivity index (χ4v) is 2.20. The zero-order chi connectivity index (χ0) is 16.9. The molecular formula is C20H16O4. The summed E-state index contributed by atoms with van der Waals surface area (Å²) in [6, 6.07) is 14.0. The zero-order valence-electron chi connectivity index (χ0n) is 12.9. The van der Waals surface area contributed by atoms with Crippen LogP contribution < -0.4 is 9.47 Å². The summed E-state index contributed by atoms with van der Waals surface area (Å²) in [4.78, 5) is 11.4. The van der Waals surface area contributed by atoms with Crippen LogP contribution in [-0.4, -0.2) is 10.9 Å². The van der Waals surface area contributed by atoms with Crippen LogP contribution in [0, 0.1) is 0 Å². The lowest BCUT2D eigenvalue weighted by atomic mass is 10.1. The highest BCUT2D eigenvalue weighted by atomic mass is 16.5. The first-order valence-corrected chi connectivity index (χ1v) is 7.42. The second-order valence-corrected chi connectivity index (χ2v) is 5.31. The number of carbonyl (C=O) groups excluding carboxylic acids is 1. The second-order valence-electron chi connectivity index (χ2n) is 5.31. The predicted molar refractivity (Wildman–Crippen MR) is 90.9 cm³/mol. The summed E-state index contributed by atoms with van der Waals surface area (Å²) in [7, 11) is 0. The van der Waals surface area contributed by atoms with Crippen LogP contribution in [0.4, 0.5) is 0 Å². The molecule has 0 aliphatic heterocycles. The van der Waals surface area contributed by atoms with E-state index in [4.69, 9.17) is 9.47 Å².